The Labute approximate surface area is 86.8 Å². The summed E-state index contributed by atoms with van der Waals surface area (Å²) in [5.41, 5.74) is 5.77. The number of nitrogens with two attached hydrogens (primary N) is 1. The topological polar surface area (TPSA) is 63.3 Å². The Morgan fingerprint density at radius 1 is 1.57 bits per heavy atom. The highest BCUT2D eigenvalue weighted by Gasteiger charge is 1.97. The van der Waals surface area contributed by atoms with Crippen LogP contribution in [0.4, 0.5) is 0 Å². The number of phenolic OH excluding ortho intramolecular Hbond substituents is 1. The van der Waals surface area contributed by atoms with Crippen LogP contribution in [0.3, 0.4) is 0 Å². The average molecular weight is 212 g/mol. The summed E-state index contributed by atoms with van der Waals surface area (Å²) in [5, 5.41) is 9.41. The van der Waals surface area contributed by atoms with E-state index in [4.69, 9.17) is 22.4 Å². The molecule has 0 atom stereocenters. The van der Waals surface area contributed by atoms with E-state index in [1.54, 1.807) is 24.3 Å². The highest BCUT2D eigenvalue weighted by molar-refractivity contribution is 6.32. The predicted octanol–water partition coefficient (Wildman–Crippen LogP) is 1.93. The Hall–Kier alpha value is -1.48. The van der Waals surface area contributed by atoms with Crippen molar-refractivity contribution in [1.82, 2.24) is 0 Å². The van der Waals surface area contributed by atoms with Crippen LogP contribution in [0.15, 0.2) is 24.3 Å². The minimum absolute atomic E-state index is 0.0405. The number of amides is 1. The molecule has 1 aromatic carbocycles. The van der Waals surface area contributed by atoms with Crippen LogP contribution < -0.4 is 5.73 Å². The van der Waals surface area contributed by atoms with Gasteiger partial charge in [-0.15, -0.1) is 0 Å². The highest BCUT2D eigenvalue weighted by Crippen LogP contribution is 2.24. The van der Waals surface area contributed by atoms with Gasteiger partial charge in [-0.1, -0.05) is 29.8 Å². The van der Waals surface area contributed by atoms with Crippen LogP contribution in [0, 0.1) is 0 Å². The first-order valence-corrected chi connectivity index (χ1v) is 4.41. The molecule has 0 radical (unpaired) electrons. The Bertz CT molecular complexity index is 374. The Morgan fingerprint density at radius 2 is 2.29 bits per heavy atom. The van der Waals surface area contributed by atoms with E-state index in [1.165, 1.54) is 6.07 Å². The van der Waals surface area contributed by atoms with E-state index in [1.807, 2.05) is 0 Å². The van der Waals surface area contributed by atoms with E-state index in [2.05, 4.69) is 0 Å². The number of phenols is 1. The predicted molar refractivity (Wildman–Crippen MR) is 56.0 cm³/mol. The molecule has 0 aliphatic carbocycles. The lowest BCUT2D eigenvalue weighted by Crippen LogP contribution is -2.07. The number of carbonyl (C=O) groups is 1. The third-order valence-corrected chi connectivity index (χ3v) is 1.90. The van der Waals surface area contributed by atoms with E-state index < -0.39 is 0 Å². The maximum absolute atomic E-state index is 10.4. The maximum atomic E-state index is 10.4. The van der Waals surface area contributed by atoms with Crippen molar-refractivity contribution in [2.24, 2.45) is 5.73 Å². The van der Waals surface area contributed by atoms with Crippen LogP contribution in [0.25, 0.3) is 6.08 Å². The van der Waals surface area contributed by atoms with Gasteiger partial charge in [0.2, 0.25) is 5.91 Å². The SMILES string of the molecule is NC(=O)CC=Cc1ccc(O)c(Cl)c1. The van der Waals surface area contributed by atoms with Crippen molar-refractivity contribution in [2.45, 2.75) is 6.42 Å². The molecule has 0 aliphatic heterocycles. The van der Waals surface area contributed by atoms with Gasteiger partial charge in [-0.05, 0) is 17.7 Å². The molecule has 0 aromatic heterocycles. The molecule has 3 nitrogen and oxygen atoms in total. The lowest BCUT2D eigenvalue weighted by molar-refractivity contribution is -0.117. The normalized spacial score (nSPS) is 10.6. The summed E-state index contributed by atoms with van der Waals surface area (Å²) >= 11 is 5.68. The lowest BCUT2D eigenvalue weighted by Gasteiger charge is -1.97. The summed E-state index contributed by atoms with van der Waals surface area (Å²) in [7, 11) is 0. The number of benzene rings is 1. The van der Waals surface area contributed by atoms with Crippen LogP contribution in [0.2, 0.25) is 5.02 Å². The van der Waals surface area contributed by atoms with Crippen molar-refractivity contribution in [2.75, 3.05) is 0 Å². The van der Waals surface area contributed by atoms with Gasteiger partial charge in [-0.2, -0.15) is 0 Å². The third kappa shape index (κ3) is 3.11. The molecule has 1 amide bonds. The number of primary amides is 1. The van der Waals surface area contributed by atoms with Crippen LogP contribution >= 0.6 is 11.6 Å². The molecule has 1 aromatic rings. The van der Waals surface area contributed by atoms with Gasteiger partial charge in [0.15, 0.2) is 0 Å². The lowest BCUT2D eigenvalue weighted by atomic mass is 10.2. The standard InChI is InChI=1S/C10H10ClNO2/c11-8-6-7(4-5-9(8)13)2-1-3-10(12)14/h1-2,4-6,13H,3H2,(H2,12,14). The highest BCUT2D eigenvalue weighted by atomic mass is 35.5. The van der Waals surface area contributed by atoms with Gasteiger partial charge >= 0.3 is 0 Å². The van der Waals surface area contributed by atoms with Crippen LogP contribution in [0.5, 0.6) is 5.75 Å². The molecule has 0 spiro atoms. The van der Waals surface area contributed by atoms with Crippen LogP contribution in [-0.4, -0.2) is 11.0 Å². The fraction of sp³-hybridized carbons (Fsp3) is 0.100. The Balaban J connectivity index is 2.73. The molecule has 74 valence electrons. The number of halogens is 1. The summed E-state index contributed by atoms with van der Waals surface area (Å²) in [6.45, 7) is 0. The monoisotopic (exact) mass is 211 g/mol. The number of hydrogen-bond donors (Lipinski definition) is 2. The molecule has 0 unspecified atom stereocenters. The summed E-state index contributed by atoms with van der Waals surface area (Å²) < 4.78 is 0. The second kappa shape index (κ2) is 4.67. The van der Waals surface area contributed by atoms with E-state index in [0.717, 1.165) is 5.56 Å². The Kier molecular flexibility index (Phi) is 3.54. The molecule has 0 saturated heterocycles. The quantitative estimate of drug-likeness (QED) is 0.803. The van der Waals surface area contributed by atoms with Crippen LogP contribution in [-0.2, 0) is 4.79 Å². The van der Waals surface area contributed by atoms with Crippen molar-refractivity contribution < 1.29 is 9.90 Å². The van der Waals surface area contributed by atoms with E-state index in [9.17, 15) is 4.79 Å². The molecule has 0 fully saturated rings. The zero-order valence-corrected chi connectivity index (χ0v) is 8.16. The molecule has 0 heterocycles. The molecule has 0 aliphatic rings. The Morgan fingerprint density at radius 3 is 2.86 bits per heavy atom. The molecule has 0 bridgehead atoms. The zero-order chi connectivity index (χ0) is 10.6. The number of aromatic hydroxyl groups is 1. The molecule has 14 heavy (non-hydrogen) atoms. The van der Waals surface area contributed by atoms with Gasteiger partial charge in [-0.25, -0.2) is 0 Å². The van der Waals surface area contributed by atoms with Crippen molar-refractivity contribution in [3.8, 4) is 5.75 Å². The van der Waals surface area contributed by atoms with Crippen molar-refractivity contribution in [1.29, 1.82) is 0 Å². The van der Waals surface area contributed by atoms with Gasteiger partial charge in [0, 0.05) is 6.42 Å². The first kappa shape index (κ1) is 10.6. The zero-order valence-electron chi connectivity index (χ0n) is 7.40. The minimum Gasteiger partial charge on any atom is -0.506 e. The first-order chi connectivity index (χ1) is 6.59. The van der Waals surface area contributed by atoms with Gasteiger partial charge in [0.1, 0.15) is 5.75 Å². The van der Waals surface area contributed by atoms with Crippen LogP contribution in [0.1, 0.15) is 12.0 Å². The number of carbonyl (C=O) groups excluding carboxylic acids is 1. The third-order valence-electron chi connectivity index (χ3n) is 1.60. The van der Waals surface area contributed by atoms with Gasteiger partial charge < -0.3 is 10.8 Å². The number of rotatable bonds is 3. The molecular weight excluding hydrogens is 202 g/mol. The van der Waals surface area contributed by atoms with Crippen molar-refractivity contribution >= 4 is 23.6 Å². The second-order valence-electron chi connectivity index (χ2n) is 2.78. The average Bonchev–Trinajstić information content (AvgIpc) is 2.10. The fourth-order valence-electron chi connectivity index (χ4n) is 0.938. The first-order valence-electron chi connectivity index (χ1n) is 4.03. The summed E-state index contributed by atoms with van der Waals surface area (Å²) in [6.07, 6.45) is 3.56. The summed E-state index contributed by atoms with van der Waals surface area (Å²) in [6, 6.07) is 4.79. The van der Waals surface area contributed by atoms with E-state index >= 15 is 0 Å². The second-order valence-corrected chi connectivity index (χ2v) is 3.19. The smallest absolute Gasteiger partial charge is 0.221 e. The maximum Gasteiger partial charge on any atom is 0.221 e. The summed E-state index contributed by atoms with van der Waals surface area (Å²) in [5.74, 6) is -0.343. The summed E-state index contributed by atoms with van der Waals surface area (Å²) in [4.78, 5) is 10.4. The van der Waals surface area contributed by atoms with Crippen molar-refractivity contribution in [3.05, 3.63) is 34.9 Å². The molecule has 1 rings (SSSR count). The molecule has 4 heteroatoms. The molecule has 3 N–H and O–H groups in total. The van der Waals surface area contributed by atoms with Gasteiger partial charge in [0.05, 0.1) is 5.02 Å². The van der Waals surface area contributed by atoms with Crippen molar-refractivity contribution in [3.63, 3.8) is 0 Å². The molecular formula is C10H10ClNO2. The fourth-order valence-corrected chi connectivity index (χ4v) is 1.13. The van der Waals surface area contributed by atoms with E-state index in [-0.39, 0.29) is 23.1 Å². The minimum atomic E-state index is -0.383. The number of hydrogen-bond acceptors (Lipinski definition) is 2. The largest absolute Gasteiger partial charge is 0.506 e. The van der Waals surface area contributed by atoms with Gasteiger partial charge in [-0.3, -0.25) is 4.79 Å². The van der Waals surface area contributed by atoms with Gasteiger partial charge in [0.25, 0.3) is 0 Å². The molecule has 0 saturated carbocycles. The van der Waals surface area contributed by atoms with E-state index in [0.29, 0.717) is 0 Å².